The van der Waals surface area contributed by atoms with E-state index in [2.05, 4.69) is 10.3 Å². The molecule has 3 rings (SSSR count). The standard InChI is InChI=1S/C19H18FN5O2S/c1-24(19(28)22-14-10-6-5-9-13(14)20)15-16(21)25(18(27)23-17(15)26)11-12-7-3-2-4-8-12/h2-10H,11,21H2,1H3,(H,22,28)(H,23,26,27). The number of rotatable bonds is 4. The molecule has 0 fully saturated rings. The van der Waals surface area contributed by atoms with Gasteiger partial charge in [-0.3, -0.25) is 14.3 Å². The molecule has 0 spiro atoms. The van der Waals surface area contributed by atoms with Crippen LogP contribution in [0.3, 0.4) is 0 Å². The van der Waals surface area contributed by atoms with E-state index in [1.807, 2.05) is 30.3 Å². The monoisotopic (exact) mass is 399 g/mol. The fraction of sp³-hybridized carbons (Fsp3) is 0.105. The number of anilines is 3. The lowest BCUT2D eigenvalue weighted by atomic mass is 10.2. The Balaban J connectivity index is 1.95. The predicted molar refractivity (Wildman–Crippen MR) is 112 cm³/mol. The molecule has 0 saturated heterocycles. The summed E-state index contributed by atoms with van der Waals surface area (Å²) >= 11 is 5.28. The molecule has 0 aliphatic rings. The number of benzene rings is 2. The van der Waals surface area contributed by atoms with Crippen LogP contribution in [0, 0.1) is 5.82 Å². The highest BCUT2D eigenvalue weighted by molar-refractivity contribution is 7.80. The zero-order valence-electron chi connectivity index (χ0n) is 15.0. The van der Waals surface area contributed by atoms with Crippen LogP contribution in [0.25, 0.3) is 0 Å². The van der Waals surface area contributed by atoms with Gasteiger partial charge in [0.2, 0.25) is 0 Å². The molecule has 9 heteroatoms. The Morgan fingerprint density at radius 2 is 1.82 bits per heavy atom. The molecule has 7 nitrogen and oxygen atoms in total. The molecule has 3 aromatic rings. The van der Waals surface area contributed by atoms with Crippen LogP contribution in [-0.4, -0.2) is 21.7 Å². The van der Waals surface area contributed by atoms with Crippen molar-refractivity contribution in [3.05, 3.63) is 86.8 Å². The second-order valence-corrected chi connectivity index (χ2v) is 6.42. The maximum Gasteiger partial charge on any atom is 0.330 e. The summed E-state index contributed by atoms with van der Waals surface area (Å²) in [7, 11) is 1.51. The molecular weight excluding hydrogens is 381 g/mol. The Kier molecular flexibility index (Phi) is 5.55. The zero-order valence-corrected chi connectivity index (χ0v) is 15.8. The third-order valence-electron chi connectivity index (χ3n) is 4.15. The van der Waals surface area contributed by atoms with E-state index >= 15 is 0 Å². The maximum absolute atomic E-state index is 13.9. The van der Waals surface area contributed by atoms with Crippen LogP contribution >= 0.6 is 12.2 Å². The second-order valence-electron chi connectivity index (χ2n) is 6.03. The predicted octanol–water partition coefficient (Wildman–Crippen LogP) is 2.14. The van der Waals surface area contributed by atoms with Gasteiger partial charge in [0.1, 0.15) is 11.6 Å². The summed E-state index contributed by atoms with van der Waals surface area (Å²) in [6.07, 6.45) is 0. The molecule has 0 bridgehead atoms. The number of aromatic nitrogens is 2. The number of hydrogen-bond donors (Lipinski definition) is 3. The lowest BCUT2D eigenvalue weighted by Gasteiger charge is -2.23. The van der Waals surface area contributed by atoms with Crippen molar-refractivity contribution in [1.82, 2.24) is 9.55 Å². The molecular formula is C19H18FN5O2S. The first-order valence-electron chi connectivity index (χ1n) is 8.34. The van der Waals surface area contributed by atoms with Crippen molar-refractivity contribution in [3.63, 3.8) is 0 Å². The number of H-pyrrole nitrogens is 1. The van der Waals surface area contributed by atoms with Crippen LogP contribution < -0.4 is 27.2 Å². The van der Waals surface area contributed by atoms with Crippen molar-refractivity contribution < 1.29 is 4.39 Å². The molecule has 0 aliphatic heterocycles. The van der Waals surface area contributed by atoms with Crippen molar-refractivity contribution >= 4 is 34.5 Å². The third-order valence-corrected chi connectivity index (χ3v) is 4.53. The lowest BCUT2D eigenvalue weighted by molar-refractivity contribution is 0.632. The summed E-state index contributed by atoms with van der Waals surface area (Å²) in [6, 6.07) is 15.2. The van der Waals surface area contributed by atoms with Crippen molar-refractivity contribution in [3.8, 4) is 0 Å². The van der Waals surface area contributed by atoms with Crippen LogP contribution in [-0.2, 0) is 6.54 Å². The van der Waals surface area contributed by atoms with Gasteiger partial charge in [0.05, 0.1) is 12.2 Å². The molecule has 1 heterocycles. The zero-order chi connectivity index (χ0) is 20.3. The van der Waals surface area contributed by atoms with Gasteiger partial charge in [-0.2, -0.15) is 0 Å². The van der Waals surface area contributed by atoms with E-state index in [4.69, 9.17) is 18.0 Å². The number of aromatic amines is 1. The molecule has 0 aliphatic carbocycles. The third kappa shape index (κ3) is 3.94. The van der Waals surface area contributed by atoms with Gasteiger partial charge in [-0.15, -0.1) is 0 Å². The molecule has 0 saturated carbocycles. The Morgan fingerprint density at radius 1 is 1.18 bits per heavy atom. The fourth-order valence-corrected chi connectivity index (χ4v) is 2.89. The first-order valence-corrected chi connectivity index (χ1v) is 8.75. The molecule has 1 aromatic heterocycles. The number of nitrogens with one attached hydrogen (secondary N) is 2. The molecule has 0 radical (unpaired) electrons. The van der Waals surface area contributed by atoms with Gasteiger partial charge >= 0.3 is 5.69 Å². The number of hydrogen-bond acceptors (Lipinski definition) is 4. The van der Waals surface area contributed by atoms with Crippen molar-refractivity contribution in [2.75, 3.05) is 23.0 Å². The normalized spacial score (nSPS) is 10.5. The summed E-state index contributed by atoms with van der Waals surface area (Å²) in [5.41, 5.74) is 5.80. The molecule has 0 unspecified atom stereocenters. The van der Waals surface area contributed by atoms with E-state index in [9.17, 15) is 14.0 Å². The van der Waals surface area contributed by atoms with Gasteiger partial charge in [-0.05, 0) is 29.9 Å². The highest BCUT2D eigenvalue weighted by Crippen LogP contribution is 2.19. The average Bonchev–Trinajstić information content (AvgIpc) is 2.67. The van der Waals surface area contributed by atoms with E-state index in [0.717, 1.165) is 5.56 Å². The van der Waals surface area contributed by atoms with E-state index in [0.29, 0.717) is 0 Å². The Hall–Kier alpha value is -3.46. The number of halogens is 1. The van der Waals surface area contributed by atoms with Crippen molar-refractivity contribution in [2.45, 2.75) is 6.54 Å². The Labute approximate surface area is 165 Å². The molecule has 0 amide bonds. The number of nitrogens with zero attached hydrogens (tertiary/aromatic N) is 2. The van der Waals surface area contributed by atoms with Gasteiger partial charge < -0.3 is 16.0 Å². The van der Waals surface area contributed by atoms with Crippen LogP contribution in [0.1, 0.15) is 5.56 Å². The Morgan fingerprint density at radius 3 is 2.50 bits per heavy atom. The Bertz CT molecular complexity index is 1130. The fourth-order valence-electron chi connectivity index (χ4n) is 2.69. The van der Waals surface area contributed by atoms with Gasteiger partial charge in [0.25, 0.3) is 5.56 Å². The van der Waals surface area contributed by atoms with Gasteiger partial charge in [0.15, 0.2) is 10.8 Å². The topological polar surface area (TPSA) is 96.2 Å². The summed E-state index contributed by atoms with van der Waals surface area (Å²) in [5.74, 6) is -0.535. The first kappa shape index (κ1) is 19.3. The summed E-state index contributed by atoms with van der Waals surface area (Å²) in [5, 5.41) is 2.78. The maximum atomic E-state index is 13.9. The first-order chi connectivity index (χ1) is 13.4. The lowest BCUT2D eigenvalue weighted by Crippen LogP contribution is -2.41. The summed E-state index contributed by atoms with van der Waals surface area (Å²) in [6.45, 7) is 0.177. The number of thiocarbonyl (C=S) groups is 1. The van der Waals surface area contributed by atoms with Crippen LogP contribution in [0.5, 0.6) is 0 Å². The molecule has 28 heavy (non-hydrogen) atoms. The average molecular weight is 399 g/mol. The van der Waals surface area contributed by atoms with Gasteiger partial charge in [0, 0.05) is 7.05 Å². The second kappa shape index (κ2) is 8.05. The van der Waals surface area contributed by atoms with E-state index in [1.54, 1.807) is 12.1 Å². The van der Waals surface area contributed by atoms with Crippen LogP contribution in [0.4, 0.5) is 21.6 Å². The van der Waals surface area contributed by atoms with Crippen molar-refractivity contribution in [2.24, 2.45) is 0 Å². The van der Waals surface area contributed by atoms with E-state index in [-0.39, 0.29) is 28.8 Å². The largest absolute Gasteiger partial charge is 0.383 e. The summed E-state index contributed by atoms with van der Waals surface area (Å²) < 4.78 is 15.1. The minimum atomic E-state index is -0.688. The number of nitrogen functional groups attached to an aromatic ring is 1. The van der Waals surface area contributed by atoms with E-state index < -0.39 is 17.1 Å². The number of nitrogens with two attached hydrogens (primary N) is 1. The quantitative estimate of drug-likeness (QED) is 0.582. The molecule has 0 atom stereocenters. The molecule has 2 aromatic carbocycles. The smallest absolute Gasteiger partial charge is 0.330 e. The summed E-state index contributed by atoms with van der Waals surface area (Å²) in [4.78, 5) is 28.2. The minimum absolute atomic E-state index is 0.00984. The minimum Gasteiger partial charge on any atom is -0.383 e. The van der Waals surface area contributed by atoms with Gasteiger partial charge in [-0.1, -0.05) is 42.5 Å². The van der Waals surface area contributed by atoms with Crippen LogP contribution in [0.2, 0.25) is 0 Å². The van der Waals surface area contributed by atoms with Crippen LogP contribution in [0.15, 0.2) is 64.2 Å². The van der Waals surface area contributed by atoms with E-state index in [1.165, 1.54) is 28.6 Å². The SMILES string of the molecule is CN(C(=S)Nc1ccccc1F)c1c(N)n(Cc2ccccc2)c(=O)[nH]c1=O. The molecule has 4 N–H and O–H groups in total. The van der Waals surface area contributed by atoms with Crippen molar-refractivity contribution in [1.29, 1.82) is 0 Å². The van der Waals surface area contributed by atoms with Gasteiger partial charge in [-0.25, -0.2) is 9.18 Å². The highest BCUT2D eigenvalue weighted by atomic mass is 32.1. The number of para-hydroxylation sites is 1. The molecule has 144 valence electrons. The highest BCUT2D eigenvalue weighted by Gasteiger charge is 2.19.